The number of rotatable bonds is 52. The van der Waals surface area contributed by atoms with Gasteiger partial charge in [-0.15, -0.1) is 0 Å². The Bertz CT molecular complexity index is 1310. The van der Waals surface area contributed by atoms with Crippen molar-refractivity contribution in [3.63, 3.8) is 0 Å². The number of carbonyl (C=O) groups is 2. The van der Waals surface area contributed by atoms with E-state index in [0.29, 0.717) is 19.3 Å². The molecule has 0 rings (SSSR count). The number of allylic oxidation sites excluding steroid dienone is 14. The summed E-state index contributed by atoms with van der Waals surface area (Å²) in [5, 5.41) is 23.9. The van der Waals surface area contributed by atoms with E-state index in [4.69, 9.17) is 4.74 Å². The van der Waals surface area contributed by atoms with Crippen LogP contribution >= 0.6 is 0 Å². The summed E-state index contributed by atoms with van der Waals surface area (Å²) in [6.07, 6.45) is 73.5. The minimum Gasteiger partial charge on any atom is -0.462 e. The van der Waals surface area contributed by atoms with Crippen LogP contribution in [-0.2, 0) is 14.3 Å². The minimum absolute atomic E-state index is 0.0418. The molecule has 3 unspecified atom stereocenters. The third kappa shape index (κ3) is 51.2. The molecule has 0 saturated carbocycles. The van der Waals surface area contributed by atoms with E-state index in [2.05, 4.69) is 111 Å². The molecule has 0 bridgehead atoms. The van der Waals surface area contributed by atoms with Crippen LogP contribution < -0.4 is 5.32 Å². The minimum atomic E-state index is -0.807. The molecule has 0 aromatic carbocycles. The molecule has 0 aromatic rings. The number of hydrogen-bond acceptors (Lipinski definition) is 5. The van der Waals surface area contributed by atoms with Crippen molar-refractivity contribution in [3.8, 4) is 0 Å². The van der Waals surface area contributed by atoms with Gasteiger partial charge in [-0.05, 0) is 77.0 Å². The molecule has 3 N–H and O–H groups in total. The smallest absolute Gasteiger partial charge is 0.306 e. The summed E-state index contributed by atoms with van der Waals surface area (Å²) in [4.78, 5) is 26.3. The van der Waals surface area contributed by atoms with E-state index in [9.17, 15) is 19.8 Å². The maximum Gasteiger partial charge on any atom is 0.306 e. The number of esters is 1. The van der Waals surface area contributed by atoms with Gasteiger partial charge in [0.1, 0.15) is 6.10 Å². The van der Waals surface area contributed by atoms with Crippen LogP contribution in [0.25, 0.3) is 0 Å². The largest absolute Gasteiger partial charge is 0.462 e. The van der Waals surface area contributed by atoms with Crippen LogP contribution in [0.5, 0.6) is 0 Å². The summed E-state index contributed by atoms with van der Waals surface area (Å²) in [6, 6.07) is -0.724. The summed E-state index contributed by atoms with van der Waals surface area (Å²) in [7, 11) is 0. The van der Waals surface area contributed by atoms with E-state index < -0.39 is 18.2 Å². The average Bonchev–Trinajstić information content (AvgIpc) is 3.34. The fourth-order valence-corrected chi connectivity index (χ4v) is 8.62. The number of aliphatic hydroxyl groups is 2. The molecule has 0 radical (unpaired) electrons. The lowest BCUT2D eigenvalue weighted by molar-refractivity contribution is -0.151. The molecule has 6 heteroatoms. The van der Waals surface area contributed by atoms with Gasteiger partial charge in [-0.1, -0.05) is 273 Å². The molecular weight excluding hydrogens is 851 g/mol. The normalized spacial score (nSPS) is 13.8. The number of amides is 1. The molecular formula is C63H111NO5. The van der Waals surface area contributed by atoms with Gasteiger partial charge in [-0.25, -0.2) is 0 Å². The molecule has 0 aliphatic heterocycles. The number of ether oxygens (including phenoxy) is 1. The summed E-state index contributed by atoms with van der Waals surface area (Å²) in [6.45, 7) is 6.44. The fourth-order valence-electron chi connectivity index (χ4n) is 8.62. The summed E-state index contributed by atoms with van der Waals surface area (Å²) < 4.78 is 5.94. The fraction of sp³-hybridized carbons (Fsp3) is 0.746. The maximum atomic E-state index is 13.3. The number of unbranched alkanes of at least 4 members (excludes halogenated alkanes) is 31. The van der Waals surface area contributed by atoms with E-state index in [0.717, 1.165) is 96.3 Å². The Balaban J connectivity index is 4.68. The Morgan fingerprint density at radius 1 is 0.420 bits per heavy atom. The van der Waals surface area contributed by atoms with Crippen LogP contribution in [0.4, 0.5) is 0 Å². The lowest BCUT2D eigenvalue weighted by Gasteiger charge is -2.24. The van der Waals surface area contributed by atoms with Crippen LogP contribution in [0.15, 0.2) is 85.1 Å². The van der Waals surface area contributed by atoms with Crippen molar-refractivity contribution in [1.82, 2.24) is 5.32 Å². The standard InChI is InChI=1S/C63H111NO5/c1-4-7-10-13-16-19-22-25-28-31-32-35-38-41-44-47-50-53-56-63(68)69-59(54-51-48-45-42-39-36-33-29-26-23-20-17-14-11-8-5-2)57-62(67)64-60(58-65)61(66)55-52-49-46-43-40-37-34-30-27-24-21-18-15-12-9-6-3/h16,19,22-23,25-26,28-29,31-33,35-36,39,59-61,65-66H,4-15,17-18,20-21,24,27,30,34,37-38,40-58H2,1-3H3,(H,64,67)/b19-16+,25-22+,26-23+,31-28+,33-29+,35-32+,39-36+. The summed E-state index contributed by atoms with van der Waals surface area (Å²) >= 11 is 0. The van der Waals surface area contributed by atoms with Crippen molar-refractivity contribution in [1.29, 1.82) is 0 Å². The predicted octanol–water partition coefficient (Wildman–Crippen LogP) is 18.3. The van der Waals surface area contributed by atoms with Gasteiger partial charge in [0.05, 0.1) is 25.2 Å². The van der Waals surface area contributed by atoms with Gasteiger partial charge in [0.2, 0.25) is 5.91 Å². The van der Waals surface area contributed by atoms with Gasteiger partial charge >= 0.3 is 5.97 Å². The maximum absolute atomic E-state index is 13.3. The molecule has 0 aliphatic rings. The molecule has 0 heterocycles. The Hall–Kier alpha value is -2.96. The van der Waals surface area contributed by atoms with Crippen LogP contribution in [-0.4, -0.2) is 46.9 Å². The highest BCUT2D eigenvalue weighted by Gasteiger charge is 2.24. The molecule has 0 saturated heterocycles. The molecule has 1 amide bonds. The molecule has 3 atom stereocenters. The number of hydrogen-bond donors (Lipinski definition) is 3. The molecule has 0 aliphatic carbocycles. The zero-order chi connectivity index (χ0) is 50.2. The van der Waals surface area contributed by atoms with Crippen molar-refractivity contribution >= 4 is 11.9 Å². The van der Waals surface area contributed by atoms with Crippen molar-refractivity contribution in [2.45, 2.75) is 296 Å². The number of nitrogens with one attached hydrogen (secondary N) is 1. The topological polar surface area (TPSA) is 95.9 Å². The molecule has 0 spiro atoms. The molecule has 0 aromatic heterocycles. The average molecular weight is 963 g/mol. The van der Waals surface area contributed by atoms with Crippen LogP contribution in [0, 0.1) is 0 Å². The Labute approximate surface area is 427 Å². The highest BCUT2D eigenvalue weighted by molar-refractivity contribution is 5.77. The van der Waals surface area contributed by atoms with E-state index in [-0.39, 0.29) is 24.9 Å². The Morgan fingerprint density at radius 3 is 1.16 bits per heavy atom. The van der Waals surface area contributed by atoms with Gasteiger partial charge in [0.15, 0.2) is 0 Å². The lowest BCUT2D eigenvalue weighted by atomic mass is 10.0. The third-order valence-corrected chi connectivity index (χ3v) is 13.1. The van der Waals surface area contributed by atoms with E-state index in [1.807, 2.05) is 0 Å². The quantitative estimate of drug-likeness (QED) is 0.0321. The van der Waals surface area contributed by atoms with Crippen molar-refractivity contribution < 1.29 is 24.5 Å². The predicted molar refractivity (Wildman–Crippen MR) is 301 cm³/mol. The van der Waals surface area contributed by atoms with Crippen LogP contribution in [0.1, 0.15) is 278 Å². The van der Waals surface area contributed by atoms with Gasteiger partial charge < -0.3 is 20.3 Å². The van der Waals surface area contributed by atoms with E-state index >= 15 is 0 Å². The zero-order valence-electron chi connectivity index (χ0n) is 45.4. The first-order valence-corrected chi connectivity index (χ1v) is 29.4. The molecule has 69 heavy (non-hydrogen) atoms. The lowest BCUT2D eigenvalue weighted by Crippen LogP contribution is -2.46. The molecule has 398 valence electrons. The Kier molecular flexibility index (Phi) is 53.6. The van der Waals surface area contributed by atoms with Crippen LogP contribution in [0.3, 0.4) is 0 Å². The highest BCUT2D eigenvalue weighted by atomic mass is 16.5. The zero-order valence-corrected chi connectivity index (χ0v) is 45.4. The van der Waals surface area contributed by atoms with Crippen LogP contribution in [0.2, 0.25) is 0 Å². The first-order chi connectivity index (χ1) is 34.0. The van der Waals surface area contributed by atoms with Gasteiger partial charge in [0.25, 0.3) is 0 Å². The second-order valence-electron chi connectivity index (χ2n) is 19.8. The summed E-state index contributed by atoms with van der Waals surface area (Å²) in [5.74, 6) is -0.532. The van der Waals surface area contributed by atoms with Gasteiger partial charge in [-0.3, -0.25) is 9.59 Å². The highest BCUT2D eigenvalue weighted by Crippen LogP contribution is 2.18. The van der Waals surface area contributed by atoms with E-state index in [1.165, 1.54) is 135 Å². The second-order valence-corrected chi connectivity index (χ2v) is 19.8. The van der Waals surface area contributed by atoms with Crippen molar-refractivity contribution in [2.75, 3.05) is 6.61 Å². The van der Waals surface area contributed by atoms with E-state index in [1.54, 1.807) is 0 Å². The number of carbonyl (C=O) groups excluding carboxylic acids is 2. The molecule has 6 nitrogen and oxygen atoms in total. The van der Waals surface area contributed by atoms with Crippen molar-refractivity contribution in [2.24, 2.45) is 0 Å². The molecule has 0 fully saturated rings. The monoisotopic (exact) mass is 962 g/mol. The summed E-state index contributed by atoms with van der Waals surface area (Å²) in [5.41, 5.74) is 0. The SMILES string of the molecule is CCCCC/C=C/C=C/C=C/C=C/CCCCCCCC(=O)OC(CCCCC/C=C/C=C/C=C/CCCCCCC)CC(=O)NC(CO)C(O)CCCCCCCCCCCCCCCCCC. The second kappa shape index (κ2) is 56.0. The Morgan fingerprint density at radius 2 is 0.739 bits per heavy atom. The van der Waals surface area contributed by atoms with Gasteiger partial charge in [0, 0.05) is 6.42 Å². The van der Waals surface area contributed by atoms with Gasteiger partial charge in [-0.2, -0.15) is 0 Å². The first-order valence-electron chi connectivity index (χ1n) is 29.4. The number of aliphatic hydroxyl groups excluding tert-OH is 2. The third-order valence-electron chi connectivity index (χ3n) is 13.1. The van der Waals surface area contributed by atoms with Crippen molar-refractivity contribution in [3.05, 3.63) is 85.1 Å². The first kappa shape index (κ1) is 66.0.